The number of allylic oxidation sites excluding steroid dienone is 4. The predicted molar refractivity (Wildman–Crippen MR) is 569 cm³/mol. The van der Waals surface area contributed by atoms with Gasteiger partial charge in [0.1, 0.15) is 0 Å². The van der Waals surface area contributed by atoms with Crippen molar-refractivity contribution in [2.45, 2.75) is 80.1 Å². The Morgan fingerprint density at radius 2 is 0.529 bits per heavy atom. The van der Waals surface area contributed by atoms with Crippen LogP contribution in [0.3, 0.4) is 0 Å². The first kappa shape index (κ1) is 101. The van der Waals surface area contributed by atoms with Crippen LogP contribution in [0.15, 0.2) is 316 Å². The zero-order valence-electron chi connectivity index (χ0n) is 79.6. The molecule has 138 heavy (non-hydrogen) atoms. The van der Waals surface area contributed by atoms with Crippen molar-refractivity contribution in [1.82, 2.24) is 39.9 Å². The molecule has 16 nitrogen and oxygen atoms in total. The van der Waals surface area contributed by atoms with Crippen LogP contribution in [-0.2, 0) is 90.0 Å². The Bertz CT molecular complexity index is 6690. The van der Waals surface area contributed by atoms with Crippen LogP contribution < -0.4 is 127 Å². The minimum Gasteiger partial charge on any atom is -0.512 e. The fraction of sp³-hybridized carbons (Fsp3) is 0.145. The molecule has 0 aliphatic carbocycles. The Labute approximate surface area is 868 Å². The number of rotatable bonds is 6. The van der Waals surface area contributed by atoms with Gasteiger partial charge in [0, 0.05) is 241 Å². The third-order valence-corrected chi connectivity index (χ3v) is 41.9. The number of hydrogen-bond donors (Lipinski definition) is 2. The molecule has 16 aromatic rings. The van der Waals surface area contributed by atoms with Crippen molar-refractivity contribution in [1.29, 1.82) is 0 Å². The summed E-state index contributed by atoms with van der Waals surface area (Å²) in [5.74, 6) is -0.125. The van der Waals surface area contributed by atoms with E-state index >= 15 is 0 Å². The van der Waals surface area contributed by atoms with Gasteiger partial charge in [-0.05, 0) is 74.7 Å². The number of aromatic nitrogens is 8. The number of benzene rings is 12. The number of para-hydroxylation sites is 4. The SMILES string of the molecule is CC(=O)C=C(C)O.CC(=O)C=C(C)O.CN1c2[c-]c(-c3cnccn3)cc3c2B(c2ccccc21)c1ccccc1N3C.CN1c2[c-]c(-c3cnccn3)cc3c2B(c2ccccc21)c1ccccc1N3C.C[Si]1(C)c2[c-]c(-c3cnccn3)cc3c2B(c2ccccc21)c1ccccc1[Si]3(C)C.C[Si]1(C)c2[c-]c(-c3cnccn3)cc3c2B(c2ccccc21)c1ccccc1[Si]3(C)C.[Ir].[Ir].[Ir].[Ir]. The molecule has 12 aromatic carbocycles. The van der Waals surface area contributed by atoms with Crippen molar-refractivity contribution in [3.63, 3.8) is 0 Å². The summed E-state index contributed by atoms with van der Waals surface area (Å²) in [4.78, 5) is 64.6. The van der Waals surface area contributed by atoms with E-state index in [1.54, 1.807) is 104 Å². The van der Waals surface area contributed by atoms with Crippen LogP contribution >= 0.6 is 0 Å². The Hall–Kier alpha value is -11.7. The van der Waals surface area contributed by atoms with Gasteiger partial charge in [-0.2, -0.15) is 0 Å². The van der Waals surface area contributed by atoms with Gasteiger partial charge >= 0.3 is 0 Å². The van der Waals surface area contributed by atoms with Gasteiger partial charge in [0.05, 0.1) is 43.8 Å². The number of ketones is 2. The van der Waals surface area contributed by atoms with E-state index in [-0.39, 0.29) is 117 Å². The monoisotopic (exact) mass is 2580 g/mol. The molecule has 0 saturated heterocycles. The first-order valence-electron chi connectivity index (χ1n) is 45.5. The van der Waals surface area contributed by atoms with Crippen LogP contribution in [0.1, 0.15) is 27.7 Å². The second-order valence-corrected chi connectivity index (χ2v) is 54.9. The summed E-state index contributed by atoms with van der Waals surface area (Å²) in [6, 6.07) is 95.8. The molecule has 0 unspecified atom stereocenters. The molecule has 24 rings (SSSR count). The minimum atomic E-state index is -1.92. The van der Waals surface area contributed by atoms with Gasteiger partial charge in [-0.3, -0.25) is 29.5 Å². The molecular weight excluding hydrogens is 2480 g/mol. The van der Waals surface area contributed by atoms with Crippen LogP contribution in [0.2, 0.25) is 52.4 Å². The molecule has 0 saturated carbocycles. The third kappa shape index (κ3) is 18.0. The van der Waals surface area contributed by atoms with Crippen molar-refractivity contribution < 1.29 is 100 Å². The van der Waals surface area contributed by atoms with Gasteiger partial charge in [0.25, 0.3) is 0 Å². The molecule has 12 heterocycles. The number of anilines is 8. The number of nitrogens with zero attached hydrogens (tertiary/aromatic N) is 12. The molecule has 8 aliphatic heterocycles. The Kier molecular flexibility index (Phi) is 29.7. The number of hydrogen-bond acceptors (Lipinski definition) is 16. The molecule has 0 spiro atoms. The molecular formula is C110H100B4Ir4N12O4Si4-4. The van der Waals surface area contributed by atoms with Crippen molar-refractivity contribution in [2.24, 2.45) is 0 Å². The normalized spacial score (nSPS) is 14.5. The fourth-order valence-corrected chi connectivity index (χ4v) is 34.8. The molecule has 2 N–H and O–H groups in total. The summed E-state index contributed by atoms with van der Waals surface area (Å²) in [5, 5.41) is 29.0. The quantitative estimate of drug-likeness (QED) is 0.0695. The van der Waals surface area contributed by atoms with E-state index in [4.69, 9.17) is 10.2 Å². The van der Waals surface area contributed by atoms with Gasteiger partial charge in [0.15, 0.2) is 38.4 Å². The van der Waals surface area contributed by atoms with E-state index in [2.05, 4.69) is 383 Å². The van der Waals surface area contributed by atoms with Crippen LogP contribution in [-0.4, -0.2) is 149 Å². The molecule has 0 amide bonds. The van der Waals surface area contributed by atoms with E-state index in [1.807, 2.05) is 12.4 Å². The summed E-state index contributed by atoms with van der Waals surface area (Å²) in [5.41, 5.74) is 34.3. The number of aliphatic hydroxyl groups excluding tert-OH is 2. The van der Waals surface area contributed by atoms with Crippen LogP contribution in [0.5, 0.6) is 0 Å². The maximum Gasteiger partial charge on any atom is 0.200 e. The maximum absolute atomic E-state index is 10.0. The third-order valence-electron chi connectivity index (χ3n) is 27.9. The second kappa shape index (κ2) is 40.6. The maximum atomic E-state index is 10.0. The zero-order valence-corrected chi connectivity index (χ0v) is 93.2. The smallest absolute Gasteiger partial charge is 0.200 e. The van der Waals surface area contributed by atoms with Crippen LogP contribution in [0.4, 0.5) is 45.5 Å². The predicted octanol–water partition coefficient (Wildman–Crippen LogP) is 8.77. The Morgan fingerprint density at radius 3 is 0.783 bits per heavy atom. The van der Waals surface area contributed by atoms with Gasteiger partial charge in [-0.1, -0.05) is 298 Å². The molecule has 4 radical (unpaired) electrons. The average Bonchev–Trinajstić information content (AvgIpc) is 0.694. The summed E-state index contributed by atoms with van der Waals surface area (Å²) in [7, 11) is 0.947. The van der Waals surface area contributed by atoms with Crippen molar-refractivity contribution >= 4 is 223 Å². The van der Waals surface area contributed by atoms with Gasteiger partial charge in [0.2, 0.25) is 0 Å². The molecule has 692 valence electrons. The van der Waals surface area contributed by atoms with Crippen LogP contribution in [0.25, 0.3) is 45.0 Å². The number of aliphatic hydroxyl groups is 2. The van der Waals surface area contributed by atoms with E-state index in [1.165, 1.54) is 139 Å². The summed E-state index contributed by atoms with van der Waals surface area (Å²) >= 11 is 0. The van der Waals surface area contributed by atoms with Crippen molar-refractivity contribution in [3.8, 4) is 45.0 Å². The first-order chi connectivity index (χ1) is 64.5. The molecule has 8 aliphatic rings. The number of carbonyl (C=O) groups is 2. The summed E-state index contributed by atoms with van der Waals surface area (Å²) < 4.78 is 0. The number of fused-ring (bicyclic) bond motifs is 16. The van der Waals surface area contributed by atoms with Gasteiger partial charge in [-0.15, -0.1) is 102 Å². The van der Waals surface area contributed by atoms with Gasteiger partial charge < -0.3 is 49.7 Å². The molecule has 28 heteroatoms. The molecule has 0 atom stereocenters. The van der Waals surface area contributed by atoms with E-state index < -0.39 is 32.3 Å². The largest absolute Gasteiger partial charge is 0.512 e. The molecule has 0 fully saturated rings. The van der Waals surface area contributed by atoms with Gasteiger partial charge in [-0.25, -0.2) is 0 Å². The average molecular weight is 2580 g/mol. The summed E-state index contributed by atoms with van der Waals surface area (Å²) in [6.07, 6.45) is 23.6. The minimum absolute atomic E-state index is 0. The van der Waals surface area contributed by atoms with Crippen LogP contribution in [0, 0.1) is 24.3 Å². The zero-order chi connectivity index (χ0) is 93.6. The topological polar surface area (TPSA) is 191 Å². The molecule has 4 aromatic heterocycles. The fourth-order valence-electron chi connectivity index (χ4n) is 21.9. The van der Waals surface area contributed by atoms with E-state index in [9.17, 15) is 9.59 Å². The Balaban J connectivity index is 0.000000132. The van der Waals surface area contributed by atoms with E-state index in [0.717, 1.165) is 56.4 Å². The van der Waals surface area contributed by atoms with E-state index in [0.29, 0.717) is 13.4 Å². The van der Waals surface area contributed by atoms with Crippen molar-refractivity contribution in [2.75, 3.05) is 47.8 Å². The second-order valence-electron chi connectivity index (χ2n) is 37.6. The summed E-state index contributed by atoms with van der Waals surface area (Å²) in [6.45, 7) is 26.7. The van der Waals surface area contributed by atoms with Crippen molar-refractivity contribution in [3.05, 3.63) is 341 Å². The number of carbonyl (C=O) groups excluding carboxylic acids is 2. The Morgan fingerprint density at radius 1 is 0.290 bits per heavy atom. The first-order valence-corrected chi connectivity index (χ1v) is 57.5. The molecule has 0 bridgehead atoms. The standard InChI is InChI=1S/2C26H24BN2Si2.2C24H18BN4.2C5H8O2.4Ir/c2*1-30(2)22-11-7-5-9-19(22)27-20-10-6-8-12-23(20)31(3,4)25-16-18(15-24(30)26(25)27)21-17-28-13-14-29-21;2*1-28-20-9-5-3-7-17(20)25-18-8-4-6-10-21(18)29(2)23-14-16(13-22(28)24(23)25)19-15-26-11-12-27-19;2*1-4(6)3-5(2)7;;;;/h2*5-15,17H,1-4H3;2*3-13,15H,1-2H3;2*3,6H,1-2H3;;;;/q4*-1;;;;;;.